The molecule has 1 unspecified atom stereocenters. The molecule has 0 aromatic heterocycles. The fourth-order valence-electron chi connectivity index (χ4n) is 2.13. The first-order chi connectivity index (χ1) is 8.61. The number of nitrogens with zero attached hydrogens (tertiary/aromatic N) is 1. The van der Waals surface area contributed by atoms with Crippen LogP contribution in [0.1, 0.15) is 23.7 Å². The highest BCUT2D eigenvalue weighted by atomic mass is 79.9. The van der Waals surface area contributed by atoms with E-state index < -0.39 is 5.97 Å². The first-order valence-electron chi connectivity index (χ1n) is 6.01. The SMILES string of the molecule is CCC1CN(c2cc(Br)ccc2C(=O)O)CCO1. The van der Waals surface area contributed by atoms with Gasteiger partial charge in [0.15, 0.2) is 0 Å². The van der Waals surface area contributed by atoms with Gasteiger partial charge in [-0.1, -0.05) is 22.9 Å². The molecule has 0 radical (unpaired) electrons. The smallest absolute Gasteiger partial charge is 0.337 e. The van der Waals surface area contributed by atoms with Gasteiger partial charge in [0.2, 0.25) is 0 Å². The Morgan fingerprint density at radius 2 is 2.39 bits per heavy atom. The van der Waals surface area contributed by atoms with Gasteiger partial charge < -0.3 is 14.7 Å². The van der Waals surface area contributed by atoms with Crippen molar-refractivity contribution in [1.29, 1.82) is 0 Å². The number of hydrogen-bond donors (Lipinski definition) is 1. The van der Waals surface area contributed by atoms with E-state index in [1.165, 1.54) is 0 Å². The zero-order valence-corrected chi connectivity index (χ0v) is 11.8. The van der Waals surface area contributed by atoms with Crippen LogP contribution in [0.5, 0.6) is 0 Å². The first kappa shape index (κ1) is 13.4. The van der Waals surface area contributed by atoms with E-state index in [4.69, 9.17) is 4.74 Å². The predicted molar refractivity (Wildman–Crippen MR) is 73.3 cm³/mol. The quantitative estimate of drug-likeness (QED) is 0.932. The minimum Gasteiger partial charge on any atom is -0.478 e. The largest absolute Gasteiger partial charge is 0.478 e. The number of morpholine rings is 1. The van der Waals surface area contributed by atoms with Crippen molar-refractivity contribution in [3.63, 3.8) is 0 Å². The normalized spacial score (nSPS) is 19.9. The third-order valence-corrected chi connectivity index (χ3v) is 3.62. The second-order valence-corrected chi connectivity index (χ2v) is 5.23. The van der Waals surface area contributed by atoms with Crippen molar-refractivity contribution >= 4 is 27.6 Å². The molecule has 5 heteroatoms. The van der Waals surface area contributed by atoms with E-state index in [0.717, 1.165) is 29.7 Å². The second-order valence-electron chi connectivity index (χ2n) is 4.31. The molecule has 98 valence electrons. The molecule has 0 bridgehead atoms. The minimum absolute atomic E-state index is 0.180. The lowest BCUT2D eigenvalue weighted by atomic mass is 10.1. The van der Waals surface area contributed by atoms with E-state index in [2.05, 4.69) is 27.8 Å². The van der Waals surface area contributed by atoms with Crippen LogP contribution in [-0.4, -0.2) is 36.9 Å². The van der Waals surface area contributed by atoms with Gasteiger partial charge in [-0.3, -0.25) is 0 Å². The zero-order valence-electron chi connectivity index (χ0n) is 10.2. The lowest BCUT2D eigenvalue weighted by Gasteiger charge is -2.35. The molecule has 1 aliphatic rings. The molecule has 1 saturated heterocycles. The number of carbonyl (C=O) groups is 1. The van der Waals surface area contributed by atoms with Crippen molar-refractivity contribution < 1.29 is 14.6 Å². The molecule has 1 aromatic carbocycles. The highest BCUT2D eigenvalue weighted by Gasteiger charge is 2.23. The van der Waals surface area contributed by atoms with E-state index >= 15 is 0 Å². The summed E-state index contributed by atoms with van der Waals surface area (Å²) in [4.78, 5) is 13.3. The van der Waals surface area contributed by atoms with Gasteiger partial charge in [-0.15, -0.1) is 0 Å². The molecular weight excluding hydrogens is 298 g/mol. The maximum atomic E-state index is 11.3. The van der Waals surface area contributed by atoms with Crippen LogP contribution in [0.2, 0.25) is 0 Å². The van der Waals surface area contributed by atoms with Gasteiger partial charge in [0.25, 0.3) is 0 Å². The van der Waals surface area contributed by atoms with Crippen molar-refractivity contribution in [2.45, 2.75) is 19.4 Å². The summed E-state index contributed by atoms with van der Waals surface area (Å²) in [6, 6.07) is 5.25. The maximum Gasteiger partial charge on any atom is 0.337 e. The van der Waals surface area contributed by atoms with Gasteiger partial charge in [-0.25, -0.2) is 4.79 Å². The average molecular weight is 314 g/mol. The molecule has 0 saturated carbocycles. The number of anilines is 1. The molecule has 1 N–H and O–H groups in total. The Kier molecular flexibility index (Phi) is 4.24. The standard InChI is InChI=1S/C13H16BrNO3/c1-2-10-8-15(5-6-18-10)12-7-9(14)3-4-11(12)13(16)17/h3-4,7,10H,2,5-6,8H2,1H3,(H,16,17). The Bertz CT molecular complexity index is 450. The lowest BCUT2D eigenvalue weighted by molar-refractivity contribution is 0.0382. The third-order valence-electron chi connectivity index (χ3n) is 3.12. The molecule has 2 rings (SSSR count). The average Bonchev–Trinajstić information content (AvgIpc) is 2.38. The van der Waals surface area contributed by atoms with Crippen LogP contribution in [0, 0.1) is 0 Å². The molecule has 18 heavy (non-hydrogen) atoms. The van der Waals surface area contributed by atoms with E-state index in [1.54, 1.807) is 12.1 Å². The second kappa shape index (κ2) is 5.71. The zero-order chi connectivity index (χ0) is 13.1. The molecule has 1 aromatic rings. The molecule has 0 aliphatic carbocycles. The van der Waals surface area contributed by atoms with Crippen molar-refractivity contribution in [2.24, 2.45) is 0 Å². The topological polar surface area (TPSA) is 49.8 Å². The van der Waals surface area contributed by atoms with Gasteiger partial charge in [0.1, 0.15) is 0 Å². The number of rotatable bonds is 3. The first-order valence-corrected chi connectivity index (χ1v) is 6.80. The van der Waals surface area contributed by atoms with E-state index in [9.17, 15) is 9.90 Å². The fourth-order valence-corrected chi connectivity index (χ4v) is 2.48. The van der Waals surface area contributed by atoms with Gasteiger partial charge in [0, 0.05) is 17.6 Å². The number of carboxylic acid groups (broad SMARTS) is 1. The molecule has 0 spiro atoms. The number of aromatic carboxylic acids is 1. The van der Waals surface area contributed by atoms with Crippen molar-refractivity contribution in [1.82, 2.24) is 0 Å². The van der Waals surface area contributed by atoms with E-state index in [1.807, 2.05) is 6.07 Å². The Hall–Kier alpha value is -1.07. The van der Waals surface area contributed by atoms with Gasteiger partial charge >= 0.3 is 5.97 Å². The summed E-state index contributed by atoms with van der Waals surface area (Å²) in [7, 11) is 0. The Labute approximate surface area is 115 Å². The number of hydrogen-bond acceptors (Lipinski definition) is 3. The summed E-state index contributed by atoms with van der Waals surface area (Å²) < 4.78 is 6.50. The fraction of sp³-hybridized carbons (Fsp3) is 0.462. The van der Waals surface area contributed by atoms with E-state index in [0.29, 0.717) is 12.2 Å². The number of carboxylic acids is 1. The number of halogens is 1. The van der Waals surface area contributed by atoms with Crippen LogP contribution in [0.15, 0.2) is 22.7 Å². The van der Waals surface area contributed by atoms with Crippen molar-refractivity contribution in [2.75, 3.05) is 24.6 Å². The molecule has 1 heterocycles. The van der Waals surface area contributed by atoms with Crippen LogP contribution in [0.25, 0.3) is 0 Å². The molecule has 0 amide bonds. The Balaban J connectivity index is 2.31. The van der Waals surface area contributed by atoms with Crippen LogP contribution in [-0.2, 0) is 4.74 Å². The summed E-state index contributed by atoms with van der Waals surface area (Å²) in [5, 5.41) is 9.24. The minimum atomic E-state index is -0.892. The van der Waals surface area contributed by atoms with Crippen LogP contribution >= 0.6 is 15.9 Å². The third kappa shape index (κ3) is 2.84. The monoisotopic (exact) mass is 313 g/mol. The molecule has 4 nitrogen and oxygen atoms in total. The Morgan fingerprint density at radius 1 is 1.61 bits per heavy atom. The maximum absolute atomic E-state index is 11.3. The Morgan fingerprint density at radius 3 is 3.06 bits per heavy atom. The molecule has 1 atom stereocenters. The van der Waals surface area contributed by atoms with Gasteiger partial charge in [0.05, 0.1) is 24.0 Å². The molecular formula is C13H16BrNO3. The van der Waals surface area contributed by atoms with Gasteiger partial charge in [-0.2, -0.15) is 0 Å². The number of benzene rings is 1. The highest BCUT2D eigenvalue weighted by Crippen LogP contribution is 2.27. The summed E-state index contributed by atoms with van der Waals surface area (Å²) >= 11 is 3.39. The molecule has 1 aliphatic heterocycles. The molecule has 1 fully saturated rings. The number of ether oxygens (including phenoxy) is 1. The van der Waals surface area contributed by atoms with Crippen LogP contribution in [0.4, 0.5) is 5.69 Å². The lowest BCUT2D eigenvalue weighted by Crippen LogP contribution is -2.42. The highest BCUT2D eigenvalue weighted by molar-refractivity contribution is 9.10. The van der Waals surface area contributed by atoms with E-state index in [-0.39, 0.29) is 6.10 Å². The van der Waals surface area contributed by atoms with Crippen molar-refractivity contribution in [3.8, 4) is 0 Å². The van der Waals surface area contributed by atoms with Gasteiger partial charge in [-0.05, 0) is 24.6 Å². The predicted octanol–water partition coefficient (Wildman–Crippen LogP) is 2.76. The summed E-state index contributed by atoms with van der Waals surface area (Å²) in [5.74, 6) is -0.892. The van der Waals surface area contributed by atoms with Crippen LogP contribution < -0.4 is 4.90 Å². The van der Waals surface area contributed by atoms with Crippen molar-refractivity contribution in [3.05, 3.63) is 28.2 Å². The summed E-state index contributed by atoms with van der Waals surface area (Å²) in [6.07, 6.45) is 1.12. The summed E-state index contributed by atoms with van der Waals surface area (Å²) in [6.45, 7) is 4.19. The van der Waals surface area contributed by atoms with Crippen LogP contribution in [0.3, 0.4) is 0 Å². The summed E-state index contributed by atoms with van der Waals surface area (Å²) in [5.41, 5.74) is 1.11.